The predicted molar refractivity (Wildman–Crippen MR) is 79.6 cm³/mol. The zero-order chi connectivity index (χ0) is 15.3. The number of rotatable bonds is 6. The van der Waals surface area contributed by atoms with Crippen LogP contribution in [0.1, 0.15) is 40.0 Å². The van der Waals surface area contributed by atoms with Gasteiger partial charge in [-0.3, -0.25) is 4.79 Å². The van der Waals surface area contributed by atoms with Gasteiger partial charge in [-0.15, -0.1) is 0 Å². The quantitative estimate of drug-likeness (QED) is 0.737. The lowest BCUT2D eigenvalue weighted by Crippen LogP contribution is -2.52. The molecule has 1 saturated heterocycles. The fraction of sp³-hybridized carbons (Fsp3) is 0.923. The summed E-state index contributed by atoms with van der Waals surface area (Å²) in [5.74, 6) is 0.148. The molecule has 0 aliphatic carbocycles. The number of carbonyl (C=O) groups is 1. The van der Waals surface area contributed by atoms with E-state index in [9.17, 15) is 13.2 Å². The number of hydrogen-bond acceptors (Lipinski definition) is 4. The van der Waals surface area contributed by atoms with Crippen LogP contribution in [-0.2, 0) is 14.8 Å². The molecule has 1 aliphatic heterocycles. The van der Waals surface area contributed by atoms with Crippen molar-refractivity contribution in [3.05, 3.63) is 0 Å². The number of nitrogens with one attached hydrogen (secondary N) is 1. The van der Waals surface area contributed by atoms with Crippen molar-refractivity contribution in [3.8, 4) is 0 Å². The lowest BCUT2D eigenvalue weighted by molar-refractivity contribution is -0.124. The van der Waals surface area contributed by atoms with Crippen LogP contribution in [0.25, 0.3) is 0 Å². The van der Waals surface area contributed by atoms with Crippen molar-refractivity contribution in [1.82, 2.24) is 9.62 Å². The Morgan fingerprint density at radius 1 is 1.35 bits per heavy atom. The van der Waals surface area contributed by atoms with Gasteiger partial charge in [0.1, 0.15) is 0 Å². The van der Waals surface area contributed by atoms with Gasteiger partial charge in [0.05, 0.1) is 11.8 Å². The van der Waals surface area contributed by atoms with Gasteiger partial charge in [0.25, 0.3) is 0 Å². The van der Waals surface area contributed by atoms with Crippen LogP contribution in [0, 0.1) is 5.92 Å². The SMILES string of the molecule is CC[C@H](C)[C@H](N)C(=O)NC1CCN(S(=O)(=O)CC)CC1. The highest BCUT2D eigenvalue weighted by atomic mass is 32.2. The van der Waals surface area contributed by atoms with Crippen LogP contribution in [0.3, 0.4) is 0 Å². The van der Waals surface area contributed by atoms with E-state index in [2.05, 4.69) is 5.32 Å². The van der Waals surface area contributed by atoms with E-state index in [0.717, 1.165) is 6.42 Å². The van der Waals surface area contributed by atoms with E-state index in [0.29, 0.717) is 25.9 Å². The Labute approximate surface area is 122 Å². The van der Waals surface area contributed by atoms with Gasteiger partial charge < -0.3 is 11.1 Å². The molecule has 6 nitrogen and oxygen atoms in total. The first kappa shape index (κ1) is 17.4. The maximum Gasteiger partial charge on any atom is 0.237 e. The summed E-state index contributed by atoms with van der Waals surface area (Å²) in [4.78, 5) is 12.0. The maximum atomic E-state index is 12.0. The van der Waals surface area contributed by atoms with Crippen LogP contribution in [-0.4, -0.2) is 49.6 Å². The smallest absolute Gasteiger partial charge is 0.237 e. The van der Waals surface area contributed by atoms with Crippen LogP contribution < -0.4 is 11.1 Å². The standard InChI is InChI=1S/C13H27N3O3S/c1-4-10(3)12(14)13(17)15-11-6-8-16(9-7-11)20(18,19)5-2/h10-12H,4-9,14H2,1-3H3,(H,15,17)/t10-,12-/m0/s1. The Balaban J connectivity index is 2.45. The largest absolute Gasteiger partial charge is 0.352 e. The Hall–Kier alpha value is -0.660. The first-order valence-corrected chi connectivity index (χ1v) is 8.96. The van der Waals surface area contributed by atoms with Crippen molar-refractivity contribution in [1.29, 1.82) is 0 Å². The predicted octanol–water partition coefficient (Wildman–Crippen LogP) is 0.290. The summed E-state index contributed by atoms with van der Waals surface area (Å²) in [6.45, 7) is 6.56. The number of nitrogens with two attached hydrogens (primary N) is 1. The highest BCUT2D eigenvalue weighted by Gasteiger charge is 2.29. The van der Waals surface area contributed by atoms with Gasteiger partial charge in [0.2, 0.25) is 15.9 Å². The van der Waals surface area contributed by atoms with E-state index in [-0.39, 0.29) is 23.6 Å². The second-order valence-electron chi connectivity index (χ2n) is 5.49. The zero-order valence-corrected chi connectivity index (χ0v) is 13.4. The van der Waals surface area contributed by atoms with E-state index >= 15 is 0 Å². The average Bonchev–Trinajstić information content (AvgIpc) is 2.46. The highest BCUT2D eigenvalue weighted by Crippen LogP contribution is 2.15. The summed E-state index contributed by atoms with van der Waals surface area (Å²) in [5, 5.41) is 2.94. The highest BCUT2D eigenvalue weighted by molar-refractivity contribution is 7.89. The zero-order valence-electron chi connectivity index (χ0n) is 12.6. The molecule has 1 rings (SSSR count). The summed E-state index contributed by atoms with van der Waals surface area (Å²) in [6.07, 6.45) is 2.16. The number of amides is 1. The van der Waals surface area contributed by atoms with E-state index in [1.165, 1.54) is 4.31 Å². The molecule has 0 bridgehead atoms. The van der Waals surface area contributed by atoms with Crippen LogP contribution >= 0.6 is 0 Å². The summed E-state index contributed by atoms with van der Waals surface area (Å²) in [7, 11) is -3.11. The Kier molecular flexibility index (Phi) is 6.42. The summed E-state index contributed by atoms with van der Waals surface area (Å²) in [5.41, 5.74) is 5.89. The van der Waals surface area contributed by atoms with E-state index < -0.39 is 16.1 Å². The molecule has 1 amide bonds. The first-order valence-electron chi connectivity index (χ1n) is 7.35. The van der Waals surface area contributed by atoms with Crippen LogP contribution in [0.2, 0.25) is 0 Å². The summed E-state index contributed by atoms with van der Waals surface area (Å²) in [6, 6.07) is -0.460. The summed E-state index contributed by atoms with van der Waals surface area (Å²) < 4.78 is 25.0. The molecule has 118 valence electrons. The monoisotopic (exact) mass is 305 g/mol. The molecule has 7 heteroatoms. The number of carbonyl (C=O) groups excluding carboxylic acids is 1. The van der Waals surface area contributed by atoms with Gasteiger partial charge in [-0.05, 0) is 25.7 Å². The molecule has 0 unspecified atom stereocenters. The van der Waals surface area contributed by atoms with Crippen molar-refractivity contribution in [3.63, 3.8) is 0 Å². The molecule has 0 saturated carbocycles. The Morgan fingerprint density at radius 2 is 1.90 bits per heavy atom. The third-order valence-electron chi connectivity index (χ3n) is 4.12. The molecule has 1 fully saturated rings. The van der Waals surface area contributed by atoms with Gasteiger partial charge in [0, 0.05) is 19.1 Å². The third-order valence-corrected chi connectivity index (χ3v) is 6.00. The lowest BCUT2D eigenvalue weighted by Gasteiger charge is -2.32. The van der Waals surface area contributed by atoms with Crippen LogP contribution in [0.15, 0.2) is 0 Å². The number of nitrogens with zero attached hydrogens (tertiary/aromatic N) is 1. The molecular formula is C13H27N3O3S. The van der Waals surface area contributed by atoms with Crippen LogP contribution in [0.4, 0.5) is 0 Å². The summed E-state index contributed by atoms with van der Waals surface area (Å²) >= 11 is 0. The van der Waals surface area contributed by atoms with Crippen molar-refractivity contribution < 1.29 is 13.2 Å². The molecule has 1 aliphatic rings. The molecule has 0 aromatic carbocycles. The van der Waals surface area contributed by atoms with Gasteiger partial charge in [0.15, 0.2) is 0 Å². The van der Waals surface area contributed by atoms with Gasteiger partial charge in [-0.25, -0.2) is 12.7 Å². The molecule has 2 atom stereocenters. The van der Waals surface area contributed by atoms with E-state index in [4.69, 9.17) is 5.73 Å². The normalized spacial score (nSPS) is 21.4. The molecular weight excluding hydrogens is 278 g/mol. The minimum atomic E-state index is -3.11. The lowest BCUT2D eigenvalue weighted by atomic mass is 9.98. The minimum Gasteiger partial charge on any atom is -0.352 e. The van der Waals surface area contributed by atoms with E-state index in [1.807, 2.05) is 13.8 Å². The molecule has 0 aromatic rings. The fourth-order valence-corrected chi connectivity index (χ4v) is 3.40. The van der Waals surface area contributed by atoms with Gasteiger partial charge in [-0.1, -0.05) is 20.3 Å². The number of sulfonamides is 1. The topological polar surface area (TPSA) is 92.5 Å². The average molecular weight is 305 g/mol. The number of piperidine rings is 1. The van der Waals surface area contributed by atoms with Gasteiger partial charge >= 0.3 is 0 Å². The third kappa shape index (κ3) is 4.43. The van der Waals surface area contributed by atoms with Crippen molar-refractivity contribution in [2.24, 2.45) is 11.7 Å². The minimum absolute atomic E-state index is 0.0286. The number of hydrogen-bond donors (Lipinski definition) is 2. The molecule has 0 aromatic heterocycles. The van der Waals surface area contributed by atoms with Crippen molar-refractivity contribution in [2.45, 2.75) is 52.1 Å². The molecule has 1 heterocycles. The first-order chi connectivity index (χ1) is 9.31. The van der Waals surface area contributed by atoms with E-state index in [1.54, 1.807) is 6.92 Å². The molecule has 3 N–H and O–H groups in total. The molecule has 20 heavy (non-hydrogen) atoms. The van der Waals surface area contributed by atoms with Crippen molar-refractivity contribution in [2.75, 3.05) is 18.8 Å². The second-order valence-corrected chi connectivity index (χ2v) is 7.75. The molecule has 0 spiro atoms. The van der Waals surface area contributed by atoms with Crippen molar-refractivity contribution >= 4 is 15.9 Å². The van der Waals surface area contributed by atoms with Crippen LogP contribution in [0.5, 0.6) is 0 Å². The van der Waals surface area contributed by atoms with Gasteiger partial charge in [-0.2, -0.15) is 0 Å². The second kappa shape index (κ2) is 7.38. The fourth-order valence-electron chi connectivity index (χ4n) is 2.27. The Bertz CT molecular complexity index is 417. The Morgan fingerprint density at radius 3 is 2.35 bits per heavy atom. The maximum absolute atomic E-state index is 12.0. The molecule has 0 radical (unpaired) electrons.